The number of methoxy groups -OCH3 is 1. The van der Waals surface area contributed by atoms with Gasteiger partial charge in [0.05, 0.1) is 19.6 Å². The molecule has 1 aromatic rings. The zero-order valence-electron chi connectivity index (χ0n) is 11.3. The van der Waals surface area contributed by atoms with Gasteiger partial charge in [-0.2, -0.15) is 0 Å². The molecular formula is C14H20N2O3. The smallest absolute Gasteiger partial charge is 0.309 e. The van der Waals surface area contributed by atoms with E-state index in [0.717, 1.165) is 24.3 Å². The third-order valence-electron chi connectivity index (χ3n) is 3.29. The number of nitrogens with one attached hydrogen (secondary N) is 1. The maximum Gasteiger partial charge on any atom is 0.309 e. The highest BCUT2D eigenvalue weighted by Crippen LogP contribution is 2.32. The van der Waals surface area contributed by atoms with Crippen molar-refractivity contribution in [3.63, 3.8) is 0 Å². The number of hydrogen-bond acceptors (Lipinski definition) is 5. The summed E-state index contributed by atoms with van der Waals surface area (Å²) in [6.45, 7) is 2.27. The zero-order valence-corrected chi connectivity index (χ0v) is 11.3. The lowest BCUT2D eigenvalue weighted by molar-refractivity contribution is -0.151. The molecule has 0 heterocycles. The molecule has 0 radical (unpaired) electrons. The van der Waals surface area contributed by atoms with E-state index in [0.29, 0.717) is 18.3 Å². The fraction of sp³-hybridized carbons (Fsp3) is 0.500. The minimum atomic E-state index is -0.0919. The number of carbonyl (C=O) groups is 1. The van der Waals surface area contributed by atoms with Crippen LogP contribution in [0.15, 0.2) is 18.2 Å². The van der Waals surface area contributed by atoms with Gasteiger partial charge in [0.25, 0.3) is 0 Å². The van der Waals surface area contributed by atoms with Gasteiger partial charge >= 0.3 is 5.97 Å². The van der Waals surface area contributed by atoms with Gasteiger partial charge in [-0.15, -0.1) is 0 Å². The average Bonchev–Trinajstić information content (AvgIpc) is 2.32. The molecule has 3 N–H and O–H groups in total. The fourth-order valence-electron chi connectivity index (χ4n) is 2.25. The molecule has 1 saturated carbocycles. The van der Waals surface area contributed by atoms with Gasteiger partial charge in [0.15, 0.2) is 0 Å². The first-order valence-corrected chi connectivity index (χ1v) is 6.50. The molecule has 0 aliphatic heterocycles. The zero-order chi connectivity index (χ0) is 13.8. The number of nitrogen functional groups attached to an aromatic ring is 1. The summed E-state index contributed by atoms with van der Waals surface area (Å²) in [6, 6.07) is 5.82. The molecule has 0 spiro atoms. The van der Waals surface area contributed by atoms with Crippen LogP contribution in [0.1, 0.15) is 19.8 Å². The highest BCUT2D eigenvalue weighted by Gasteiger charge is 2.35. The van der Waals surface area contributed by atoms with Gasteiger partial charge in [0.1, 0.15) is 5.75 Å². The second-order valence-electron chi connectivity index (χ2n) is 4.76. The first-order chi connectivity index (χ1) is 9.12. The molecule has 0 unspecified atom stereocenters. The summed E-state index contributed by atoms with van der Waals surface area (Å²) in [5.41, 5.74) is 7.37. The normalized spacial score (nSPS) is 21.4. The van der Waals surface area contributed by atoms with Crippen LogP contribution in [0.3, 0.4) is 0 Å². The van der Waals surface area contributed by atoms with E-state index in [1.54, 1.807) is 13.2 Å². The highest BCUT2D eigenvalue weighted by atomic mass is 16.5. The number of nitrogens with two attached hydrogens (primary N) is 1. The van der Waals surface area contributed by atoms with Gasteiger partial charge in [-0.3, -0.25) is 4.79 Å². The molecule has 1 aliphatic rings. The number of anilines is 2. The van der Waals surface area contributed by atoms with Crippen molar-refractivity contribution >= 4 is 17.3 Å². The molecule has 0 bridgehead atoms. The Morgan fingerprint density at radius 2 is 2.16 bits per heavy atom. The summed E-state index contributed by atoms with van der Waals surface area (Å²) in [5.74, 6) is 0.662. The van der Waals surface area contributed by atoms with Crippen LogP contribution in [0.5, 0.6) is 5.75 Å². The summed E-state index contributed by atoms with van der Waals surface area (Å²) in [6.07, 6.45) is 1.60. The molecule has 5 nitrogen and oxygen atoms in total. The van der Waals surface area contributed by atoms with E-state index in [1.807, 2.05) is 19.1 Å². The monoisotopic (exact) mass is 264 g/mol. The highest BCUT2D eigenvalue weighted by molar-refractivity contribution is 5.74. The van der Waals surface area contributed by atoms with Crippen LogP contribution in [0.2, 0.25) is 0 Å². The minimum Gasteiger partial charge on any atom is -0.497 e. The van der Waals surface area contributed by atoms with E-state index in [-0.39, 0.29) is 11.9 Å². The molecular weight excluding hydrogens is 244 g/mol. The van der Waals surface area contributed by atoms with Crippen molar-refractivity contribution in [2.24, 2.45) is 5.92 Å². The molecule has 0 aromatic heterocycles. The molecule has 19 heavy (non-hydrogen) atoms. The quantitative estimate of drug-likeness (QED) is 0.629. The molecule has 104 valence electrons. The molecule has 0 saturated heterocycles. The van der Waals surface area contributed by atoms with Gasteiger partial charge in [0, 0.05) is 29.5 Å². The lowest BCUT2D eigenvalue weighted by Gasteiger charge is -2.34. The Morgan fingerprint density at radius 1 is 1.42 bits per heavy atom. The molecule has 5 heteroatoms. The minimum absolute atomic E-state index is 0.0282. The molecule has 2 rings (SSSR count). The van der Waals surface area contributed by atoms with E-state index in [1.165, 1.54) is 0 Å². The lowest BCUT2D eigenvalue weighted by atomic mass is 9.80. The van der Waals surface area contributed by atoms with Gasteiger partial charge in [-0.05, 0) is 25.8 Å². The maximum absolute atomic E-state index is 11.5. The maximum atomic E-state index is 11.5. The van der Waals surface area contributed by atoms with E-state index in [4.69, 9.17) is 15.2 Å². The van der Waals surface area contributed by atoms with Gasteiger partial charge < -0.3 is 20.5 Å². The van der Waals surface area contributed by atoms with E-state index in [2.05, 4.69) is 5.32 Å². The SMILES string of the molecule is CCOC(=O)C1CC(Nc2cc(N)cc(OC)c2)C1. The fourth-order valence-corrected chi connectivity index (χ4v) is 2.25. The molecule has 0 atom stereocenters. The summed E-state index contributed by atoms with van der Waals surface area (Å²) in [7, 11) is 1.61. The number of esters is 1. The summed E-state index contributed by atoms with van der Waals surface area (Å²) >= 11 is 0. The Kier molecular flexibility index (Phi) is 4.14. The summed E-state index contributed by atoms with van der Waals surface area (Å²) in [5, 5.41) is 3.35. The van der Waals surface area contributed by atoms with Crippen LogP contribution in [-0.4, -0.2) is 25.7 Å². The Hall–Kier alpha value is -1.91. The Bertz CT molecular complexity index is 456. The average molecular weight is 264 g/mol. The van der Waals surface area contributed by atoms with Crippen LogP contribution >= 0.6 is 0 Å². The number of benzene rings is 1. The summed E-state index contributed by atoms with van der Waals surface area (Å²) < 4.78 is 10.2. The third kappa shape index (κ3) is 3.30. The van der Waals surface area contributed by atoms with Crippen molar-refractivity contribution in [2.45, 2.75) is 25.8 Å². The Labute approximate surface area is 113 Å². The van der Waals surface area contributed by atoms with Crippen molar-refractivity contribution in [2.75, 3.05) is 24.8 Å². The second-order valence-corrected chi connectivity index (χ2v) is 4.76. The predicted molar refractivity (Wildman–Crippen MR) is 74.2 cm³/mol. The van der Waals surface area contributed by atoms with Gasteiger partial charge in [0.2, 0.25) is 0 Å². The van der Waals surface area contributed by atoms with E-state index in [9.17, 15) is 4.79 Å². The Balaban J connectivity index is 1.87. The van der Waals surface area contributed by atoms with E-state index >= 15 is 0 Å². The van der Waals surface area contributed by atoms with Crippen LogP contribution in [0.4, 0.5) is 11.4 Å². The number of hydrogen-bond donors (Lipinski definition) is 2. The van der Waals surface area contributed by atoms with Gasteiger partial charge in [-0.1, -0.05) is 0 Å². The molecule has 1 aliphatic carbocycles. The van der Waals surface area contributed by atoms with Gasteiger partial charge in [-0.25, -0.2) is 0 Å². The predicted octanol–water partition coefficient (Wildman–Crippen LogP) is 2.03. The largest absolute Gasteiger partial charge is 0.497 e. The number of ether oxygens (including phenoxy) is 2. The standard InChI is InChI=1S/C14H20N2O3/c1-3-19-14(17)9-4-11(5-9)16-12-6-10(15)7-13(8-12)18-2/h6-9,11,16H,3-5,15H2,1-2H3. The first-order valence-electron chi connectivity index (χ1n) is 6.50. The van der Waals surface area contributed by atoms with Crippen molar-refractivity contribution in [1.82, 2.24) is 0 Å². The van der Waals surface area contributed by atoms with Crippen LogP contribution < -0.4 is 15.8 Å². The van der Waals surface area contributed by atoms with Crippen LogP contribution in [-0.2, 0) is 9.53 Å². The van der Waals surface area contributed by atoms with Crippen LogP contribution in [0.25, 0.3) is 0 Å². The molecule has 1 fully saturated rings. The molecule has 1 aromatic carbocycles. The lowest BCUT2D eigenvalue weighted by Crippen LogP contribution is -2.40. The number of carbonyl (C=O) groups excluding carboxylic acids is 1. The summed E-state index contributed by atoms with van der Waals surface area (Å²) in [4.78, 5) is 11.5. The second kappa shape index (κ2) is 5.82. The topological polar surface area (TPSA) is 73.6 Å². The van der Waals surface area contributed by atoms with Crippen molar-refractivity contribution < 1.29 is 14.3 Å². The van der Waals surface area contributed by atoms with Crippen molar-refractivity contribution in [3.05, 3.63) is 18.2 Å². The number of rotatable bonds is 5. The third-order valence-corrected chi connectivity index (χ3v) is 3.29. The van der Waals surface area contributed by atoms with Crippen molar-refractivity contribution in [1.29, 1.82) is 0 Å². The van der Waals surface area contributed by atoms with Crippen LogP contribution in [0, 0.1) is 5.92 Å². The Morgan fingerprint density at radius 3 is 2.79 bits per heavy atom. The molecule has 0 amide bonds. The van der Waals surface area contributed by atoms with Crippen molar-refractivity contribution in [3.8, 4) is 5.75 Å². The first kappa shape index (κ1) is 13.5. The van der Waals surface area contributed by atoms with E-state index < -0.39 is 0 Å².